The Kier molecular flexibility index (Phi) is 2.93. The van der Waals surface area contributed by atoms with Crippen LogP contribution < -0.4 is 5.32 Å². The zero-order valence-corrected chi connectivity index (χ0v) is 12.8. The highest BCUT2D eigenvalue weighted by molar-refractivity contribution is 7.81. The van der Waals surface area contributed by atoms with Gasteiger partial charge in [0.1, 0.15) is 0 Å². The Morgan fingerprint density at radius 2 is 2.33 bits per heavy atom. The summed E-state index contributed by atoms with van der Waals surface area (Å²) in [7, 11) is 0. The van der Waals surface area contributed by atoms with Gasteiger partial charge in [-0.3, -0.25) is 4.98 Å². The van der Waals surface area contributed by atoms with Crippen LogP contribution in [0.5, 0.6) is 0 Å². The predicted molar refractivity (Wildman–Crippen MR) is 88.5 cm³/mol. The Balaban J connectivity index is 1.83. The van der Waals surface area contributed by atoms with E-state index >= 15 is 0 Å². The van der Waals surface area contributed by atoms with E-state index in [1.807, 2.05) is 18.5 Å². The molecule has 0 amide bonds. The summed E-state index contributed by atoms with van der Waals surface area (Å²) in [4.78, 5) is 7.70. The van der Waals surface area contributed by atoms with E-state index in [9.17, 15) is 0 Å². The van der Waals surface area contributed by atoms with Crippen molar-refractivity contribution in [2.45, 2.75) is 25.8 Å². The molecule has 0 radical (unpaired) electrons. The van der Waals surface area contributed by atoms with Crippen molar-refractivity contribution in [3.05, 3.63) is 59.1 Å². The fraction of sp³-hybridized carbons (Fsp3) is 0.294. The van der Waals surface area contributed by atoms with Crippen LogP contribution in [-0.2, 0) is 0 Å². The Hall–Kier alpha value is -1.94. The Labute approximate surface area is 130 Å². The molecule has 0 bridgehead atoms. The molecule has 0 spiro atoms. The third-order valence-corrected chi connectivity index (χ3v) is 5.01. The van der Waals surface area contributed by atoms with Gasteiger partial charge in [0, 0.05) is 34.1 Å². The molecule has 21 heavy (non-hydrogen) atoms. The molecular formula is C17H17N3S. The quantitative estimate of drug-likeness (QED) is 0.806. The highest BCUT2D eigenvalue weighted by Crippen LogP contribution is 2.39. The topological polar surface area (TPSA) is 28.2 Å². The van der Waals surface area contributed by atoms with E-state index in [1.165, 1.54) is 16.8 Å². The van der Waals surface area contributed by atoms with Crippen LogP contribution in [0.1, 0.15) is 25.3 Å². The van der Waals surface area contributed by atoms with Gasteiger partial charge in [0.15, 0.2) is 0 Å². The third-order valence-electron chi connectivity index (χ3n) is 4.45. The normalized spacial score (nSPS) is 24.1. The zero-order valence-electron chi connectivity index (χ0n) is 12.0. The van der Waals surface area contributed by atoms with Crippen LogP contribution in [-0.4, -0.2) is 27.5 Å². The number of allylic oxidation sites excluding steroid dienone is 4. The van der Waals surface area contributed by atoms with Gasteiger partial charge >= 0.3 is 0 Å². The molecule has 4 heteroatoms. The molecule has 0 saturated carbocycles. The maximum absolute atomic E-state index is 5.63. The smallest absolute Gasteiger partial charge is 0.0883 e. The highest BCUT2D eigenvalue weighted by atomic mass is 32.1. The van der Waals surface area contributed by atoms with Crippen LogP contribution in [0.4, 0.5) is 0 Å². The first kappa shape index (κ1) is 12.8. The molecule has 2 aliphatic heterocycles. The summed E-state index contributed by atoms with van der Waals surface area (Å²) in [5.41, 5.74) is 6.30. The van der Waals surface area contributed by atoms with E-state index in [0.717, 1.165) is 35.6 Å². The average molecular weight is 295 g/mol. The predicted octanol–water partition coefficient (Wildman–Crippen LogP) is 3.03. The highest BCUT2D eigenvalue weighted by Gasteiger charge is 2.37. The van der Waals surface area contributed by atoms with E-state index in [1.54, 1.807) is 0 Å². The first-order valence-electron chi connectivity index (χ1n) is 7.36. The minimum absolute atomic E-state index is 0.295. The lowest BCUT2D eigenvalue weighted by Gasteiger charge is -2.25. The van der Waals surface area contributed by atoms with E-state index in [2.05, 4.69) is 40.3 Å². The molecule has 1 atom stereocenters. The van der Waals surface area contributed by atoms with Crippen LogP contribution >= 0.6 is 12.2 Å². The summed E-state index contributed by atoms with van der Waals surface area (Å²) in [5.74, 6) is 0. The van der Waals surface area contributed by atoms with Gasteiger partial charge in [-0.05, 0) is 43.5 Å². The molecule has 3 aliphatic rings. The first-order valence-corrected chi connectivity index (χ1v) is 7.77. The van der Waals surface area contributed by atoms with Crippen molar-refractivity contribution in [2.75, 3.05) is 6.67 Å². The van der Waals surface area contributed by atoms with Gasteiger partial charge in [-0.2, -0.15) is 0 Å². The molecule has 1 aromatic heterocycles. The van der Waals surface area contributed by atoms with Crippen molar-refractivity contribution in [1.29, 1.82) is 0 Å². The molecular weight excluding hydrogens is 278 g/mol. The number of hydrogen-bond acceptors (Lipinski definition) is 4. The molecule has 4 rings (SSSR count). The van der Waals surface area contributed by atoms with E-state index in [-0.39, 0.29) is 0 Å². The van der Waals surface area contributed by atoms with E-state index in [4.69, 9.17) is 12.2 Å². The monoisotopic (exact) mass is 295 g/mol. The number of thiocarbonyl (C=S) groups is 1. The lowest BCUT2D eigenvalue weighted by Crippen LogP contribution is -2.35. The van der Waals surface area contributed by atoms with Gasteiger partial charge in [0.2, 0.25) is 0 Å². The van der Waals surface area contributed by atoms with Crippen LogP contribution in [0.3, 0.4) is 0 Å². The number of nitrogens with zero attached hydrogens (tertiary/aromatic N) is 2. The number of rotatable bonds is 1. The minimum Gasteiger partial charge on any atom is -0.367 e. The Morgan fingerprint density at radius 1 is 1.43 bits per heavy atom. The lowest BCUT2D eigenvalue weighted by molar-refractivity contribution is 0.338. The maximum atomic E-state index is 5.63. The number of hydrogen-bond donors (Lipinski definition) is 1. The second-order valence-electron chi connectivity index (χ2n) is 5.67. The summed E-state index contributed by atoms with van der Waals surface area (Å²) >= 11 is 5.63. The van der Waals surface area contributed by atoms with Crippen molar-refractivity contribution >= 4 is 22.8 Å². The molecule has 1 saturated heterocycles. The number of aromatic nitrogens is 1. The SMILES string of the molecule is CC1C(=S)C2=CCCC3=C2N1CNC(c1cccnc1)=C3. The second-order valence-corrected chi connectivity index (χ2v) is 6.11. The molecule has 1 fully saturated rings. The van der Waals surface area contributed by atoms with Gasteiger partial charge in [0.05, 0.1) is 18.4 Å². The zero-order chi connectivity index (χ0) is 14.4. The average Bonchev–Trinajstić information content (AvgIpc) is 2.68. The van der Waals surface area contributed by atoms with Gasteiger partial charge < -0.3 is 10.2 Å². The maximum Gasteiger partial charge on any atom is 0.0883 e. The molecule has 3 heterocycles. The summed E-state index contributed by atoms with van der Waals surface area (Å²) in [5, 5.41) is 3.55. The van der Waals surface area contributed by atoms with Gasteiger partial charge in [0.25, 0.3) is 0 Å². The summed E-state index contributed by atoms with van der Waals surface area (Å²) in [6, 6.07) is 4.37. The minimum atomic E-state index is 0.295. The third kappa shape index (κ3) is 1.94. The van der Waals surface area contributed by atoms with Gasteiger partial charge in [-0.25, -0.2) is 0 Å². The van der Waals surface area contributed by atoms with Crippen molar-refractivity contribution in [2.24, 2.45) is 0 Å². The van der Waals surface area contributed by atoms with Gasteiger partial charge in [-0.15, -0.1) is 0 Å². The number of nitrogens with one attached hydrogen (secondary N) is 1. The molecule has 1 unspecified atom stereocenters. The second kappa shape index (κ2) is 4.81. The van der Waals surface area contributed by atoms with Crippen molar-refractivity contribution in [3.63, 3.8) is 0 Å². The van der Waals surface area contributed by atoms with Crippen molar-refractivity contribution in [1.82, 2.24) is 15.2 Å². The molecule has 106 valence electrons. The fourth-order valence-corrected chi connectivity index (χ4v) is 3.64. The molecule has 3 nitrogen and oxygen atoms in total. The fourth-order valence-electron chi connectivity index (χ4n) is 3.34. The van der Waals surface area contributed by atoms with Crippen LogP contribution in [0, 0.1) is 0 Å². The van der Waals surface area contributed by atoms with Gasteiger partial charge in [-0.1, -0.05) is 18.3 Å². The molecule has 0 aromatic carbocycles. The first-order chi connectivity index (χ1) is 10.3. The van der Waals surface area contributed by atoms with Crippen LogP contribution in [0.25, 0.3) is 5.70 Å². The summed E-state index contributed by atoms with van der Waals surface area (Å²) in [6.45, 7) is 2.99. The van der Waals surface area contributed by atoms with Crippen molar-refractivity contribution < 1.29 is 0 Å². The van der Waals surface area contributed by atoms with Crippen LogP contribution in [0.15, 0.2) is 53.5 Å². The molecule has 1 N–H and O–H groups in total. The van der Waals surface area contributed by atoms with Crippen LogP contribution in [0.2, 0.25) is 0 Å². The van der Waals surface area contributed by atoms with Crippen molar-refractivity contribution in [3.8, 4) is 0 Å². The molecule has 1 aliphatic carbocycles. The van der Waals surface area contributed by atoms with E-state index < -0.39 is 0 Å². The summed E-state index contributed by atoms with van der Waals surface area (Å²) < 4.78 is 0. The molecule has 1 aromatic rings. The van der Waals surface area contributed by atoms with E-state index in [0.29, 0.717) is 6.04 Å². The largest absolute Gasteiger partial charge is 0.367 e. The standard InChI is InChI=1S/C17H17N3S/c1-11-17(21)14-6-2-4-12-8-15(13-5-3-7-18-9-13)19-10-20(11)16(12)14/h3,5-9,11,19H,2,4,10H2,1H3. The number of pyridine rings is 1. The lowest BCUT2D eigenvalue weighted by atomic mass is 9.94. The Morgan fingerprint density at radius 3 is 3.14 bits per heavy atom. The Bertz CT molecular complexity index is 700. The summed E-state index contributed by atoms with van der Waals surface area (Å²) in [6.07, 6.45) is 10.5.